The van der Waals surface area contributed by atoms with Crippen molar-refractivity contribution in [1.82, 2.24) is 5.32 Å². The number of rotatable bonds is 5. The van der Waals surface area contributed by atoms with E-state index in [1.165, 1.54) is 13.5 Å². The summed E-state index contributed by atoms with van der Waals surface area (Å²) in [6.45, 7) is 0. The van der Waals surface area contributed by atoms with Gasteiger partial charge < -0.3 is 10.1 Å². The van der Waals surface area contributed by atoms with E-state index in [1.807, 2.05) is 36.4 Å². The lowest BCUT2D eigenvalue weighted by atomic mass is 9.83. The lowest BCUT2D eigenvalue weighted by Crippen LogP contribution is -2.47. The van der Waals surface area contributed by atoms with E-state index < -0.39 is 6.04 Å². The number of carbonyl (C=O) groups is 2. The highest BCUT2D eigenvalue weighted by Crippen LogP contribution is 2.27. The third-order valence-electron chi connectivity index (χ3n) is 5.07. The van der Waals surface area contributed by atoms with Crippen LogP contribution in [0.5, 0.6) is 0 Å². The molecule has 0 spiro atoms. The second-order valence-electron chi connectivity index (χ2n) is 6.82. The van der Waals surface area contributed by atoms with Gasteiger partial charge in [-0.2, -0.15) is 0 Å². The van der Waals surface area contributed by atoms with Gasteiger partial charge in [-0.3, -0.25) is 4.79 Å². The zero-order valence-electron chi connectivity index (χ0n) is 14.7. The molecule has 2 aromatic rings. The zero-order valence-corrected chi connectivity index (χ0v) is 14.7. The van der Waals surface area contributed by atoms with Gasteiger partial charge in [0.05, 0.1) is 13.5 Å². The van der Waals surface area contributed by atoms with Crippen molar-refractivity contribution in [2.24, 2.45) is 5.92 Å². The molecule has 0 bridgehead atoms. The maximum atomic E-state index is 12.5. The number of carbonyl (C=O) groups excluding carboxylic acids is 2. The molecule has 1 fully saturated rings. The zero-order chi connectivity index (χ0) is 17.6. The van der Waals surface area contributed by atoms with E-state index in [0.717, 1.165) is 42.0 Å². The van der Waals surface area contributed by atoms with Gasteiger partial charge in [-0.05, 0) is 35.1 Å². The van der Waals surface area contributed by atoms with E-state index in [0.29, 0.717) is 0 Å². The molecule has 3 rings (SSSR count). The standard InChI is InChI=1S/C21H25NO3/c1-25-21(24)20(17-8-3-2-4-9-17)22-19(23)14-15-11-12-16-7-5-6-10-18(16)13-15/h5-7,10-13,17,20H,2-4,8-9,14H2,1H3,(H,22,23)/t20-/m1/s1. The van der Waals surface area contributed by atoms with E-state index in [2.05, 4.69) is 11.4 Å². The first-order valence-electron chi connectivity index (χ1n) is 9.02. The fraction of sp³-hybridized carbons (Fsp3) is 0.429. The smallest absolute Gasteiger partial charge is 0.328 e. The summed E-state index contributed by atoms with van der Waals surface area (Å²) in [6.07, 6.45) is 5.63. The Labute approximate surface area is 148 Å². The maximum absolute atomic E-state index is 12.5. The SMILES string of the molecule is COC(=O)[C@H](NC(=O)Cc1ccc2ccccc2c1)C1CCCCC1. The van der Waals surface area contributed by atoms with Gasteiger partial charge in [0.25, 0.3) is 0 Å². The minimum Gasteiger partial charge on any atom is -0.467 e. The molecule has 1 amide bonds. The molecule has 25 heavy (non-hydrogen) atoms. The van der Waals surface area contributed by atoms with Crippen LogP contribution in [0, 0.1) is 5.92 Å². The first-order chi connectivity index (χ1) is 12.2. The summed E-state index contributed by atoms with van der Waals surface area (Å²) in [5.41, 5.74) is 0.948. The highest BCUT2D eigenvalue weighted by molar-refractivity contribution is 5.88. The maximum Gasteiger partial charge on any atom is 0.328 e. The van der Waals surface area contributed by atoms with Crippen LogP contribution >= 0.6 is 0 Å². The molecule has 0 radical (unpaired) electrons. The van der Waals surface area contributed by atoms with Crippen LogP contribution in [0.25, 0.3) is 10.8 Å². The number of esters is 1. The van der Waals surface area contributed by atoms with Gasteiger partial charge in [0.15, 0.2) is 0 Å². The van der Waals surface area contributed by atoms with Crippen molar-refractivity contribution in [1.29, 1.82) is 0 Å². The molecule has 0 aliphatic heterocycles. The van der Waals surface area contributed by atoms with Crippen molar-refractivity contribution in [3.8, 4) is 0 Å². The van der Waals surface area contributed by atoms with Gasteiger partial charge in [-0.25, -0.2) is 4.79 Å². The van der Waals surface area contributed by atoms with Crippen molar-refractivity contribution >= 4 is 22.6 Å². The van der Waals surface area contributed by atoms with Gasteiger partial charge in [-0.15, -0.1) is 0 Å². The molecular weight excluding hydrogens is 314 g/mol. The van der Waals surface area contributed by atoms with Crippen LogP contribution in [-0.4, -0.2) is 25.0 Å². The fourth-order valence-electron chi connectivity index (χ4n) is 3.72. The lowest BCUT2D eigenvalue weighted by molar-refractivity contribution is -0.147. The third kappa shape index (κ3) is 4.38. The van der Waals surface area contributed by atoms with Gasteiger partial charge in [0.2, 0.25) is 5.91 Å². The van der Waals surface area contributed by atoms with Crippen LogP contribution in [0.3, 0.4) is 0 Å². The van der Waals surface area contributed by atoms with E-state index in [4.69, 9.17) is 4.74 Å². The molecule has 2 aromatic carbocycles. The Morgan fingerprint density at radius 3 is 2.52 bits per heavy atom. The molecule has 0 saturated heterocycles. The molecule has 0 unspecified atom stereocenters. The van der Waals surface area contributed by atoms with Crippen molar-refractivity contribution in [2.75, 3.05) is 7.11 Å². The molecule has 4 heteroatoms. The molecule has 1 aliphatic carbocycles. The molecule has 132 valence electrons. The summed E-state index contributed by atoms with van der Waals surface area (Å²) in [6, 6.07) is 13.6. The molecular formula is C21H25NO3. The van der Waals surface area contributed by atoms with Crippen LogP contribution in [0.1, 0.15) is 37.7 Å². The second-order valence-corrected chi connectivity index (χ2v) is 6.82. The fourth-order valence-corrected chi connectivity index (χ4v) is 3.72. The van der Waals surface area contributed by atoms with Crippen LogP contribution in [0.4, 0.5) is 0 Å². The molecule has 1 saturated carbocycles. The van der Waals surface area contributed by atoms with E-state index >= 15 is 0 Å². The predicted molar refractivity (Wildman–Crippen MR) is 98.2 cm³/mol. The first-order valence-corrected chi connectivity index (χ1v) is 9.02. The summed E-state index contributed by atoms with van der Waals surface area (Å²) in [4.78, 5) is 24.6. The summed E-state index contributed by atoms with van der Waals surface area (Å²) in [7, 11) is 1.38. The molecule has 4 nitrogen and oxygen atoms in total. The monoisotopic (exact) mass is 339 g/mol. The van der Waals surface area contributed by atoms with E-state index in [9.17, 15) is 9.59 Å². The van der Waals surface area contributed by atoms with Crippen molar-refractivity contribution < 1.29 is 14.3 Å². The van der Waals surface area contributed by atoms with Gasteiger partial charge in [0.1, 0.15) is 6.04 Å². The van der Waals surface area contributed by atoms with Crippen molar-refractivity contribution in [3.63, 3.8) is 0 Å². The molecule has 1 aliphatic rings. The summed E-state index contributed by atoms with van der Waals surface area (Å²) in [5, 5.41) is 5.19. The Bertz CT molecular complexity index is 750. The molecule has 0 heterocycles. The van der Waals surface area contributed by atoms with Gasteiger partial charge in [-0.1, -0.05) is 61.7 Å². The largest absolute Gasteiger partial charge is 0.467 e. The van der Waals surface area contributed by atoms with Crippen molar-refractivity contribution in [3.05, 3.63) is 48.0 Å². The Balaban J connectivity index is 1.68. The van der Waals surface area contributed by atoms with E-state index in [-0.39, 0.29) is 24.2 Å². The number of hydrogen-bond donors (Lipinski definition) is 1. The van der Waals surface area contributed by atoms with E-state index in [1.54, 1.807) is 0 Å². The Morgan fingerprint density at radius 2 is 1.80 bits per heavy atom. The second kappa shape index (κ2) is 8.15. The number of nitrogens with one attached hydrogen (secondary N) is 1. The minimum atomic E-state index is -0.529. The topological polar surface area (TPSA) is 55.4 Å². The summed E-state index contributed by atoms with van der Waals surface area (Å²) < 4.78 is 4.92. The Morgan fingerprint density at radius 1 is 1.08 bits per heavy atom. The molecule has 1 atom stereocenters. The van der Waals surface area contributed by atoms with Crippen LogP contribution in [0.15, 0.2) is 42.5 Å². The van der Waals surface area contributed by atoms with Crippen LogP contribution in [-0.2, 0) is 20.7 Å². The van der Waals surface area contributed by atoms with Crippen molar-refractivity contribution in [2.45, 2.75) is 44.6 Å². The first kappa shape index (κ1) is 17.5. The number of amides is 1. The lowest BCUT2D eigenvalue weighted by Gasteiger charge is -2.29. The van der Waals surface area contributed by atoms with Gasteiger partial charge in [0, 0.05) is 0 Å². The number of benzene rings is 2. The number of fused-ring (bicyclic) bond motifs is 1. The average molecular weight is 339 g/mol. The average Bonchev–Trinajstić information content (AvgIpc) is 2.66. The predicted octanol–water partition coefficient (Wildman–Crippen LogP) is 3.62. The number of methoxy groups -OCH3 is 1. The third-order valence-corrected chi connectivity index (χ3v) is 5.07. The Hall–Kier alpha value is -2.36. The highest BCUT2D eigenvalue weighted by Gasteiger charge is 2.31. The normalized spacial score (nSPS) is 16.4. The summed E-state index contributed by atoms with van der Waals surface area (Å²) >= 11 is 0. The number of ether oxygens (including phenoxy) is 1. The minimum absolute atomic E-state index is 0.128. The van der Waals surface area contributed by atoms with Crippen LogP contribution < -0.4 is 5.32 Å². The molecule has 0 aromatic heterocycles. The highest BCUT2D eigenvalue weighted by atomic mass is 16.5. The summed E-state index contributed by atoms with van der Waals surface area (Å²) in [5.74, 6) is -0.281. The van der Waals surface area contributed by atoms with Gasteiger partial charge >= 0.3 is 5.97 Å². The quantitative estimate of drug-likeness (QED) is 0.847. The number of hydrogen-bond acceptors (Lipinski definition) is 3. The van der Waals surface area contributed by atoms with Crippen LogP contribution in [0.2, 0.25) is 0 Å². The Kier molecular flexibility index (Phi) is 5.69. The molecule has 1 N–H and O–H groups in total.